The highest BCUT2D eigenvalue weighted by Crippen LogP contribution is 2.24. The molecule has 3 rings (SSSR count). The predicted molar refractivity (Wildman–Crippen MR) is 115 cm³/mol. The third kappa shape index (κ3) is 5.84. The van der Waals surface area contributed by atoms with Crippen molar-refractivity contribution in [2.45, 2.75) is 13.0 Å². The van der Waals surface area contributed by atoms with Crippen molar-refractivity contribution in [2.24, 2.45) is 5.10 Å². The Morgan fingerprint density at radius 3 is 2.48 bits per heavy atom. The van der Waals surface area contributed by atoms with Crippen LogP contribution in [0.1, 0.15) is 12.5 Å². The zero-order valence-electron chi connectivity index (χ0n) is 16.3. The standard InChI is InChI=1S/C23H23N3O3/c1-17(25-21-13-6-7-14-22(21)28-2)23(27)26-24-16-18-9-8-12-20(15-18)29-19-10-4-3-5-11-19/h3-17,25H,1-2H3,(H,26,27). The molecule has 0 radical (unpaired) electrons. The summed E-state index contributed by atoms with van der Waals surface area (Å²) in [6.45, 7) is 1.76. The molecule has 6 heteroatoms. The monoisotopic (exact) mass is 389 g/mol. The van der Waals surface area contributed by atoms with Crippen LogP contribution >= 0.6 is 0 Å². The maximum Gasteiger partial charge on any atom is 0.262 e. The fourth-order valence-corrected chi connectivity index (χ4v) is 2.61. The highest BCUT2D eigenvalue weighted by Gasteiger charge is 2.13. The molecule has 1 atom stereocenters. The Kier molecular flexibility index (Phi) is 6.84. The molecule has 0 fully saturated rings. The van der Waals surface area contributed by atoms with Crippen molar-refractivity contribution in [3.8, 4) is 17.2 Å². The van der Waals surface area contributed by atoms with Gasteiger partial charge >= 0.3 is 0 Å². The lowest BCUT2D eigenvalue weighted by atomic mass is 10.2. The van der Waals surface area contributed by atoms with E-state index < -0.39 is 6.04 Å². The molecule has 6 nitrogen and oxygen atoms in total. The average Bonchev–Trinajstić information content (AvgIpc) is 2.75. The molecule has 0 aliphatic rings. The summed E-state index contributed by atoms with van der Waals surface area (Å²) >= 11 is 0. The van der Waals surface area contributed by atoms with Gasteiger partial charge in [-0.2, -0.15) is 5.10 Å². The minimum absolute atomic E-state index is 0.260. The molecule has 1 unspecified atom stereocenters. The Morgan fingerprint density at radius 2 is 1.69 bits per heavy atom. The number of para-hydroxylation sites is 3. The van der Waals surface area contributed by atoms with Crippen molar-refractivity contribution in [1.29, 1.82) is 0 Å². The zero-order chi connectivity index (χ0) is 20.5. The van der Waals surface area contributed by atoms with Crippen LogP contribution in [0.25, 0.3) is 0 Å². The number of hydrazone groups is 1. The van der Waals surface area contributed by atoms with E-state index in [1.807, 2.05) is 78.9 Å². The van der Waals surface area contributed by atoms with Gasteiger partial charge in [0.15, 0.2) is 0 Å². The van der Waals surface area contributed by atoms with Crippen molar-refractivity contribution in [3.05, 3.63) is 84.4 Å². The quantitative estimate of drug-likeness (QED) is 0.441. The molecule has 3 aromatic carbocycles. The number of amides is 1. The number of anilines is 1. The number of carbonyl (C=O) groups excluding carboxylic acids is 1. The van der Waals surface area contributed by atoms with Gasteiger partial charge in [0.2, 0.25) is 0 Å². The summed E-state index contributed by atoms with van der Waals surface area (Å²) in [4.78, 5) is 12.3. The van der Waals surface area contributed by atoms with Gasteiger partial charge in [0.05, 0.1) is 19.0 Å². The van der Waals surface area contributed by atoms with E-state index >= 15 is 0 Å². The number of hydrogen-bond donors (Lipinski definition) is 2. The Morgan fingerprint density at radius 1 is 0.966 bits per heavy atom. The molecule has 29 heavy (non-hydrogen) atoms. The molecular weight excluding hydrogens is 366 g/mol. The number of rotatable bonds is 8. The van der Waals surface area contributed by atoms with Crippen LogP contribution in [0.5, 0.6) is 17.2 Å². The highest BCUT2D eigenvalue weighted by molar-refractivity contribution is 5.87. The van der Waals surface area contributed by atoms with Crippen LogP contribution in [0.4, 0.5) is 5.69 Å². The molecule has 0 aromatic heterocycles. The van der Waals surface area contributed by atoms with E-state index in [2.05, 4.69) is 15.8 Å². The Bertz CT molecular complexity index is 974. The summed E-state index contributed by atoms with van der Waals surface area (Å²) in [5.74, 6) is 1.86. The SMILES string of the molecule is COc1ccccc1NC(C)C(=O)NN=Cc1cccc(Oc2ccccc2)c1. The first kappa shape index (κ1) is 19.9. The van der Waals surface area contributed by atoms with Crippen molar-refractivity contribution in [3.63, 3.8) is 0 Å². The van der Waals surface area contributed by atoms with Crippen molar-refractivity contribution in [1.82, 2.24) is 5.43 Å². The fraction of sp³-hybridized carbons (Fsp3) is 0.130. The third-order valence-electron chi connectivity index (χ3n) is 4.10. The topological polar surface area (TPSA) is 72.0 Å². The van der Waals surface area contributed by atoms with Gasteiger partial charge in [-0.15, -0.1) is 0 Å². The molecule has 0 saturated heterocycles. The van der Waals surface area contributed by atoms with Crippen LogP contribution < -0.4 is 20.2 Å². The maximum absolute atomic E-state index is 12.3. The molecule has 0 aliphatic carbocycles. The summed E-state index contributed by atoms with van der Waals surface area (Å²) in [5, 5.41) is 7.16. The van der Waals surface area contributed by atoms with Crippen molar-refractivity contribution in [2.75, 3.05) is 12.4 Å². The van der Waals surface area contributed by atoms with Crippen LogP contribution in [0, 0.1) is 0 Å². The normalized spacial score (nSPS) is 11.7. The summed E-state index contributed by atoms with van der Waals surface area (Å²) in [7, 11) is 1.59. The van der Waals surface area contributed by atoms with Crippen molar-refractivity contribution < 1.29 is 14.3 Å². The van der Waals surface area contributed by atoms with Gasteiger partial charge in [-0.1, -0.05) is 42.5 Å². The lowest BCUT2D eigenvalue weighted by Crippen LogP contribution is -2.35. The highest BCUT2D eigenvalue weighted by atomic mass is 16.5. The van der Waals surface area contributed by atoms with Crippen molar-refractivity contribution >= 4 is 17.8 Å². The predicted octanol–water partition coefficient (Wildman–Crippen LogP) is 4.44. The number of nitrogens with one attached hydrogen (secondary N) is 2. The van der Waals surface area contributed by atoms with Gasteiger partial charge in [-0.05, 0) is 48.9 Å². The number of carbonyl (C=O) groups is 1. The van der Waals surface area contributed by atoms with Gasteiger partial charge in [0, 0.05) is 0 Å². The second-order valence-electron chi connectivity index (χ2n) is 6.29. The van der Waals surface area contributed by atoms with E-state index in [9.17, 15) is 4.79 Å². The van der Waals surface area contributed by atoms with Crippen LogP contribution in [0.2, 0.25) is 0 Å². The molecule has 0 saturated carbocycles. The third-order valence-corrected chi connectivity index (χ3v) is 4.10. The van der Waals surface area contributed by atoms with Crippen LogP contribution in [-0.2, 0) is 4.79 Å². The molecule has 3 aromatic rings. The zero-order valence-corrected chi connectivity index (χ0v) is 16.3. The van der Waals surface area contributed by atoms with Gasteiger partial charge in [0.25, 0.3) is 5.91 Å². The fourth-order valence-electron chi connectivity index (χ4n) is 2.61. The minimum atomic E-state index is -0.490. The second-order valence-corrected chi connectivity index (χ2v) is 6.29. The Balaban J connectivity index is 1.56. The number of ether oxygens (including phenoxy) is 2. The number of benzene rings is 3. The summed E-state index contributed by atoms with van der Waals surface area (Å²) < 4.78 is 11.1. The van der Waals surface area contributed by atoms with Gasteiger partial charge in [-0.3, -0.25) is 4.79 Å². The van der Waals surface area contributed by atoms with Gasteiger partial charge in [-0.25, -0.2) is 5.43 Å². The summed E-state index contributed by atoms with van der Waals surface area (Å²) in [6.07, 6.45) is 1.57. The number of methoxy groups -OCH3 is 1. The lowest BCUT2D eigenvalue weighted by molar-refractivity contribution is -0.121. The minimum Gasteiger partial charge on any atom is -0.495 e. The molecule has 0 aliphatic heterocycles. The Labute approximate surface area is 170 Å². The molecule has 0 bridgehead atoms. The largest absolute Gasteiger partial charge is 0.495 e. The summed E-state index contributed by atoms with van der Waals surface area (Å²) in [5.41, 5.74) is 4.10. The van der Waals surface area contributed by atoms with E-state index in [-0.39, 0.29) is 5.91 Å². The molecule has 1 amide bonds. The van der Waals surface area contributed by atoms with E-state index in [4.69, 9.17) is 9.47 Å². The molecule has 0 spiro atoms. The smallest absolute Gasteiger partial charge is 0.262 e. The average molecular weight is 389 g/mol. The van der Waals surface area contributed by atoms with E-state index in [1.165, 1.54) is 0 Å². The molecule has 148 valence electrons. The first-order chi connectivity index (χ1) is 14.2. The second kappa shape index (κ2) is 9.94. The lowest BCUT2D eigenvalue weighted by Gasteiger charge is -2.15. The van der Waals surface area contributed by atoms with Crippen LogP contribution in [-0.4, -0.2) is 25.3 Å². The molecular formula is C23H23N3O3. The molecule has 0 heterocycles. The van der Waals surface area contributed by atoms with Gasteiger partial charge < -0.3 is 14.8 Å². The first-order valence-corrected chi connectivity index (χ1v) is 9.21. The first-order valence-electron chi connectivity index (χ1n) is 9.21. The number of nitrogens with zero attached hydrogens (tertiary/aromatic N) is 1. The van der Waals surface area contributed by atoms with E-state index in [1.54, 1.807) is 20.2 Å². The van der Waals surface area contributed by atoms with Crippen LogP contribution in [0.15, 0.2) is 84.0 Å². The molecule has 2 N–H and O–H groups in total. The number of hydrogen-bond acceptors (Lipinski definition) is 5. The van der Waals surface area contributed by atoms with Crippen LogP contribution in [0.3, 0.4) is 0 Å². The van der Waals surface area contributed by atoms with Gasteiger partial charge in [0.1, 0.15) is 23.3 Å². The van der Waals surface area contributed by atoms with E-state index in [0.717, 1.165) is 17.0 Å². The Hall–Kier alpha value is -3.80. The van der Waals surface area contributed by atoms with E-state index in [0.29, 0.717) is 11.5 Å². The summed E-state index contributed by atoms with van der Waals surface area (Å²) in [6, 6.07) is 23.9. The maximum atomic E-state index is 12.3.